The number of fused-ring (bicyclic) bond motifs is 2. The van der Waals surface area contributed by atoms with Crippen LogP contribution in [0.15, 0.2) is 60.2 Å². The Balaban J connectivity index is 1.54. The lowest BCUT2D eigenvalue weighted by Crippen LogP contribution is -2.29. The van der Waals surface area contributed by atoms with Gasteiger partial charge in [0.15, 0.2) is 11.5 Å². The van der Waals surface area contributed by atoms with Crippen LogP contribution in [0.3, 0.4) is 0 Å². The van der Waals surface area contributed by atoms with E-state index in [1.54, 1.807) is 43.5 Å². The van der Waals surface area contributed by atoms with Crippen molar-refractivity contribution in [1.29, 1.82) is 0 Å². The molecular weight excluding hydrogens is 484 g/mol. The van der Waals surface area contributed by atoms with Gasteiger partial charge in [-0.25, -0.2) is 4.79 Å². The first-order chi connectivity index (χ1) is 17.5. The second-order valence-electron chi connectivity index (χ2n) is 8.29. The molecule has 2 aliphatic rings. The van der Waals surface area contributed by atoms with Crippen LogP contribution in [0.1, 0.15) is 16.7 Å². The maximum atomic E-state index is 13.4. The maximum Gasteiger partial charge on any atom is 0.342 e. The average molecular weight is 505 g/mol. The van der Waals surface area contributed by atoms with Gasteiger partial charge in [-0.1, -0.05) is 6.07 Å². The van der Waals surface area contributed by atoms with Gasteiger partial charge in [-0.05, 0) is 59.7 Å². The summed E-state index contributed by atoms with van der Waals surface area (Å²) in [5, 5.41) is 11.9. The Hall–Kier alpha value is -4.15. The van der Waals surface area contributed by atoms with E-state index < -0.39 is 11.8 Å². The Kier molecular flexibility index (Phi) is 5.27. The van der Waals surface area contributed by atoms with E-state index in [9.17, 15) is 9.90 Å². The molecule has 4 aromatic rings. The number of ether oxygens (including phenoxy) is 5. The van der Waals surface area contributed by atoms with Crippen molar-refractivity contribution >= 4 is 34.3 Å². The molecular formula is C26H20N2O7S. The Morgan fingerprint density at radius 2 is 1.81 bits per heavy atom. The van der Waals surface area contributed by atoms with Gasteiger partial charge in [0.2, 0.25) is 12.5 Å². The minimum Gasteiger partial charge on any atom is -0.497 e. The second-order valence-corrected chi connectivity index (χ2v) is 8.82. The Morgan fingerprint density at radius 1 is 1.00 bits per heavy atom. The third-order valence-corrected chi connectivity index (χ3v) is 6.84. The van der Waals surface area contributed by atoms with Gasteiger partial charge in [-0.15, -0.1) is 0 Å². The van der Waals surface area contributed by atoms with Gasteiger partial charge in [0.25, 0.3) is 5.79 Å². The zero-order valence-electron chi connectivity index (χ0n) is 19.3. The molecule has 1 unspecified atom stereocenters. The van der Waals surface area contributed by atoms with Crippen molar-refractivity contribution in [2.24, 2.45) is 0 Å². The zero-order valence-corrected chi connectivity index (χ0v) is 20.1. The standard InChI is InChI=1S/C26H20N2O7S/c1-31-17-6-4-16(5-7-17)26(30)18(9-14-3-8-19-20(10-14)28-36-27-19)23(25(29)35-26)15-11-21(32-2)24-22(12-15)33-13-34-24/h3-8,10-12,30H,9,13H2,1-2H3. The third-order valence-electron chi connectivity index (χ3n) is 6.28. The van der Waals surface area contributed by atoms with Crippen LogP contribution in [-0.2, 0) is 21.7 Å². The highest BCUT2D eigenvalue weighted by Crippen LogP contribution is 2.49. The molecule has 0 radical (unpaired) electrons. The second kappa shape index (κ2) is 8.51. The third kappa shape index (κ3) is 3.53. The van der Waals surface area contributed by atoms with Crippen LogP contribution in [0.2, 0.25) is 0 Å². The van der Waals surface area contributed by atoms with Crippen LogP contribution in [0.4, 0.5) is 0 Å². The van der Waals surface area contributed by atoms with Crippen molar-refractivity contribution in [3.05, 3.63) is 76.9 Å². The number of cyclic esters (lactones) is 1. The molecule has 6 rings (SSSR count). The summed E-state index contributed by atoms with van der Waals surface area (Å²) in [7, 11) is 3.06. The molecule has 1 atom stereocenters. The molecule has 0 aliphatic carbocycles. The molecule has 0 saturated heterocycles. The fourth-order valence-corrected chi connectivity index (χ4v) is 5.02. The summed E-state index contributed by atoms with van der Waals surface area (Å²) in [6.45, 7) is 0.0446. The zero-order chi connectivity index (χ0) is 24.9. The molecule has 1 N–H and O–H groups in total. The van der Waals surface area contributed by atoms with E-state index in [0.29, 0.717) is 39.7 Å². The van der Waals surface area contributed by atoms with Crippen molar-refractivity contribution in [1.82, 2.24) is 8.75 Å². The van der Waals surface area contributed by atoms with Crippen LogP contribution >= 0.6 is 11.7 Å². The molecule has 10 heteroatoms. The molecule has 3 heterocycles. The molecule has 0 amide bonds. The van der Waals surface area contributed by atoms with Gasteiger partial charge < -0.3 is 28.8 Å². The number of carbonyl (C=O) groups excluding carboxylic acids is 1. The molecule has 0 bridgehead atoms. The van der Waals surface area contributed by atoms with Crippen molar-refractivity contribution in [2.45, 2.75) is 12.2 Å². The van der Waals surface area contributed by atoms with Gasteiger partial charge in [0.1, 0.15) is 16.8 Å². The number of esters is 1. The number of rotatable bonds is 6. The van der Waals surface area contributed by atoms with Crippen LogP contribution < -0.4 is 18.9 Å². The van der Waals surface area contributed by atoms with E-state index in [0.717, 1.165) is 28.3 Å². The molecule has 0 saturated carbocycles. The quantitative estimate of drug-likeness (QED) is 0.392. The minimum atomic E-state index is -2.00. The number of benzene rings is 3. The lowest BCUT2D eigenvalue weighted by Gasteiger charge is -2.26. The Labute approximate surface area is 209 Å². The summed E-state index contributed by atoms with van der Waals surface area (Å²) in [4.78, 5) is 13.4. The monoisotopic (exact) mass is 504 g/mol. The van der Waals surface area contributed by atoms with Crippen molar-refractivity contribution < 1.29 is 33.6 Å². The van der Waals surface area contributed by atoms with E-state index >= 15 is 0 Å². The fraction of sp³-hybridized carbons (Fsp3) is 0.192. The van der Waals surface area contributed by atoms with Gasteiger partial charge in [-0.3, -0.25) is 0 Å². The average Bonchev–Trinajstić information content (AvgIpc) is 3.61. The van der Waals surface area contributed by atoms with Crippen LogP contribution in [-0.4, -0.2) is 40.8 Å². The summed E-state index contributed by atoms with van der Waals surface area (Å²) in [5.74, 6) is -0.743. The largest absolute Gasteiger partial charge is 0.497 e. The fourth-order valence-electron chi connectivity index (χ4n) is 4.51. The molecule has 182 valence electrons. The van der Waals surface area contributed by atoms with E-state index in [2.05, 4.69) is 8.75 Å². The minimum absolute atomic E-state index is 0.0446. The van der Waals surface area contributed by atoms with Crippen LogP contribution in [0, 0.1) is 0 Å². The maximum absolute atomic E-state index is 13.4. The number of nitrogens with zero attached hydrogens (tertiary/aromatic N) is 2. The first kappa shape index (κ1) is 22.3. The smallest absolute Gasteiger partial charge is 0.342 e. The van der Waals surface area contributed by atoms with E-state index in [4.69, 9.17) is 23.7 Å². The normalized spacial score (nSPS) is 18.6. The highest BCUT2D eigenvalue weighted by atomic mass is 32.1. The summed E-state index contributed by atoms with van der Waals surface area (Å²) in [6, 6.07) is 15.8. The number of aliphatic hydroxyl groups is 1. The Bertz CT molecular complexity index is 1530. The van der Waals surface area contributed by atoms with Crippen molar-refractivity contribution in [3.63, 3.8) is 0 Å². The van der Waals surface area contributed by atoms with Crippen molar-refractivity contribution in [2.75, 3.05) is 21.0 Å². The number of hydrogen-bond acceptors (Lipinski definition) is 10. The number of aromatic nitrogens is 2. The topological polar surface area (TPSA) is 109 Å². The van der Waals surface area contributed by atoms with Gasteiger partial charge >= 0.3 is 5.97 Å². The SMILES string of the molecule is COc1ccc(C2(O)OC(=O)C(c3cc(OC)c4c(c3)OCO4)=C2Cc2ccc3nsnc3c2)cc1. The summed E-state index contributed by atoms with van der Waals surface area (Å²) >= 11 is 1.13. The molecule has 0 spiro atoms. The first-order valence-corrected chi connectivity index (χ1v) is 11.8. The van der Waals surface area contributed by atoms with Gasteiger partial charge in [-0.2, -0.15) is 8.75 Å². The molecule has 36 heavy (non-hydrogen) atoms. The van der Waals surface area contributed by atoms with Crippen LogP contribution in [0.5, 0.6) is 23.0 Å². The molecule has 1 aromatic heterocycles. The van der Waals surface area contributed by atoms with Gasteiger partial charge in [0.05, 0.1) is 31.5 Å². The first-order valence-electron chi connectivity index (χ1n) is 11.0. The lowest BCUT2D eigenvalue weighted by atomic mass is 9.88. The lowest BCUT2D eigenvalue weighted by molar-refractivity contribution is -0.185. The van der Waals surface area contributed by atoms with Crippen molar-refractivity contribution in [3.8, 4) is 23.0 Å². The summed E-state index contributed by atoms with van der Waals surface area (Å²) in [6.07, 6.45) is 0.216. The van der Waals surface area contributed by atoms with E-state index in [1.165, 1.54) is 7.11 Å². The number of hydrogen-bond donors (Lipinski definition) is 1. The predicted molar refractivity (Wildman–Crippen MR) is 130 cm³/mol. The predicted octanol–water partition coefficient (Wildman–Crippen LogP) is 3.84. The summed E-state index contributed by atoms with van der Waals surface area (Å²) in [5.41, 5.74) is 3.83. The Morgan fingerprint density at radius 3 is 2.58 bits per heavy atom. The van der Waals surface area contributed by atoms with Crippen LogP contribution in [0.25, 0.3) is 16.6 Å². The number of carbonyl (C=O) groups is 1. The summed E-state index contributed by atoms with van der Waals surface area (Å²) < 4.78 is 36.0. The molecule has 2 aliphatic heterocycles. The van der Waals surface area contributed by atoms with Gasteiger partial charge in [0, 0.05) is 17.6 Å². The van der Waals surface area contributed by atoms with E-state index in [1.807, 2.05) is 18.2 Å². The highest BCUT2D eigenvalue weighted by molar-refractivity contribution is 7.00. The number of methoxy groups -OCH3 is 2. The molecule has 3 aromatic carbocycles. The van der Waals surface area contributed by atoms with E-state index in [-0.39, 0.29) is 18.8 Å². The highest BCUT2D eigenvalue weighted by Gasteiger charge is 2.48. The molecule has 9 nitrogen and oxygen atoms in total. The molecule has 0 fully saturated rings.